The largest absolute Gasteiger partial charge is 0.395 e. The van der Waals surface area contributed by atoms with Crippen LogP contribution >= 0.6 is 0 Å². The molecule has 68 valence electrons. The van der Waals surface area contributed by atoms with Crippen LogP contribution in [0.3, 0.4) is 0 Å². The molecule has 0 bridgehead atoms. The van der Waals surface area contributed by atoms with Crippen molar-refractivity contribution in [2.45, 2.75) is 6.42 Å². The molecule has 1 N–H and O–H groups in total. The Labute approximate surface area is 76.2 Å². The minimum absolute atomic E-state index is 0.231. The standard InChI is InChI=1S/C10H10FNO/c11-10-4-2-1-3-9(10)5-8(6-12)7-13/h1-4,8,13H,5,7H2. The molecule has 0 amide bonds. The van der Waals surface area contributed by atoms with Crippen molar-refractivity contribution in [1.82, 2.24) is 0 Å². The minimum Gasteiger partial charge on any atom is -0.395 e. The number of rotatable bonds is 3. The normalized spacial score (nSPS) is 12.1. The molecule has 0 saturated carbocycles. The SMILES string of the molecule is N#CC(CO)Cc1ccccc1F. The molecule has 2 nitrogen and oxygen atoms in total. The minimum atomic E-state index is -0.517. The number of aliphatic hydroxyl groups is 1. The van der Waals surface area contributed by atoms with Gasteiger partial charge in [0, 0.05) is 0 Å². The quantitative estimate of drug-likeness (QED) is 0.764. The molecule has 0 radical (unpaired) electrons. The highest BCUT2D eigenvalue weighted by Gasteiger charge is 2.09. The molecule has 0 aliphatic heterocycles. The molecule has 0 fully saturated rings. The first-order valence-corrected chi connectivity index (χ1v) is 4.01. The number of nitrogens with zero attached hydrogens (tertiary/aromatic N) is 1. The van der Waals surface area contributed by atoms with Gasteiger partial charge in [0.05, 0.1) is 18.6 Å². The van der Waals surface area contributed by atoms with E-state index in [1.165, 1.54) is 6.07 Å². The van der Waals surface area contributed by atoms with Gasteiger partial charge in [-0.2, -0.15) is 5.26 Å². The van der Waals surface area contributed by atoms with Gasteiger partial charge in [0.25, 0.3) is 0 Å². The summed E-state index contributed by atoms with van der Waals surface area (Å²) in [7, 11) is 0. The van der Waals surface area contributed by atoms with Crippen LogP contribution in [0.1, 0.15) is 5.56 Å². The van der Waals surface area contributed by atoms with Crippen molar-refractivity contribution in [3.05, 3.63) is 35.6 Å². The smallest absolute Gasteiger partial charge is 0.126 e. The van der Waals surface area contributed by atoms with Crippen molar-refractivity contribution in [3.8, 4) is 6.07 Å². The van der Waals surface area contributed by atoms with Crippen molar-refractivity contribution in [1.29, 1.82) is 5.26 Å². The van der Waals surface area contributed by atoms with Crippen LogP contribution in [-0.4, -0.2) is 11.7 Å². The van der Waals surface area contributed by atoms with Gasteiger partial charge in [0.2, 0.25) is 0 Å². The molecular weight excluding hydrogens is 169 g/mol. The van der Waals surface area contributed by atoms with Crippen LogP contribution in [0.15, 0.2) is 24.3 Å². The van der Waals surface area contributed by atoms with Crippen molar-refractivity contribution in [2.24, 2.45) is 5.92 Å². The Hall–Kier alpha value is -1.40. The molecule has 1 atom stereocenters. The van der Waals surface area contributed by atoms with E-state index in [4.69, 9.17) is 10.4 Å². The van der Waals surface area contributed by atoms with E-state index >= 15 is 0 Å². The second-order valence-electron chi connectivity index (χ2n) is 2.80. The predicted octanol–water partition coefficient (Wildman–Crippen LogP) is 1.50. The highest BCUT2D eigenvalue weighted by atomic mass is 19.1. The molecule has 1 rings (SSSR count). The summed E-state index contributed by atoms with van der Waals surface area (Å²) in [4.78, 5) is 0. The summed E-state index contributed by atoms with van der Waals surface area (Å²) in [6, 6.07) is 8.19. The van der Waals surface area contributed by atoms with E-state index in [0.717, 1.165) is 0 Å². The van der Waals surface area contributed by atoms with Crippen LogP contribution in [0.2, 0.25) is 0 Å². The number of hydrogen-bond donors (Lipinski definition) is 1. The summed E-state index contributed by atoms with van der Waals surface area (Å²) in [5.41, 5.74) is 0.475. The Kier molecular flexibility index (Phi) is 3.41. The molecule has 0 aromatic heterocycles. The van der Waals surface area contributed by atoms with Gasteiger partial charge in [0.1, 0.15) is 5.82 Å². The van der Waals surface area contributed by atoms with E-state index in [2.05, 4.69) is 0 Å². The zero-order valence-electron chi connectivity index (χ0n) is 7.07. The van der Waals surface area contributed by atoms with Gasteiger partial charge in [-0.3, -0.25) is 0 Å². The summed E-state index contributed by atoms with van der Waals surface area (Å²) in [5.74, 6) is -0.840. The first kappa shape index (κ1) is 9.69. The van der Waals surface area contributed by atoms with E-state index in [0.29, 0.717) is 5.56 Å². The Bertz CT molecular complexity index is 319. The third-order valence-corrected chi connectivity index (χ3v) is 1.83. The fraction of sp³-hybridized carbons (Fsp3) is 0.300. The molecule has 0 heterocycles. The predicted molar refractivity (Wildman–Crippen MR) is 46.3 cm³/mol. The molecule has 0 aliphatic carbocycles. The number of benzene rings is 1. The first-order valence-electron chi connectivity index (χ1n) is 4.01. The van der Waals surface area contributed by atoms with Crippen LogP contribution in [0.4, 0.5) is 4.39 Å². The Morgan fingerprint density at radius 3 is 2.69 bits per heavy atom. The van der Waals surface area contributed by atoms with Crippen LogP contribution in [0.25, 0.3) is 0 Å². The lowest BCUT2D eigenvalue weighted by molar-refractivity contribution is 0.255. The summed E-state index contributed by atoms with van der Waals surface area (Å²) < 4.78 is 13.0. The molecule has 0 spiro atoms. The Morgan fingerprint density at radius 1 is 1.46 bits per heavy atom. The summed E-state index contributed by atoms with van der Waals surface area (Å²) in [6.07, 6.45) is 0.264. The molecule has 3 heteroatoms. The number of aliphatic hydroxyl groups excluding tert-OH is 1. The van der Waals surface area contributed by atoms with Crippen LogP contribution < -0.4 is 0 Å². The second kappa shape index (κ2) is 4.58. The summed E-state index contributed by atoms with van der Waals surface area (Å²) >= 11 is 0. The van der Waals surface area contributed by atoms with E-state index < -0.39 is 5.92 Å². The van der Waals surface area contributed by atoms with Gasteiger partial charge in [-0.25, -0.2) is 4.39 Å². The van der Waals surface area contributed by atoms with Crippen LogP contribution in [0, 0.1) is 23.1 Å². The Morgan fingerprint density at radius 2 is 2.15 bits per heavy atom. The Balaban J connectivity index is 2.74. The third-order valence-electron chi connectivity index (χ3n) is 1.83. The lowest BCUT2D eigenvalue weighted by Crippen LogP contribution is -2.07. The molecule has 1 unspecified atom stereocenters. The second-order valence-corrected chi connectivity index (χ2v) is 2.80. The van der Waals surface area contributed by atoms with Gasteiger partial charge >= 0.3 is 0 Å². The van der Waals surface area contributed by atoms with Gasteiger partial charge < -0.3 is 5.11 Å². The van der Waals surface area contributed by atoms with Crippen molar-refractivity contribution < 1.29 is 9.50 Å². The lowest BCUT2D eigenvalue weighted by atomic mass is 10.0. The third kappa shape index (κ3) is 2.53. The monoisotopic (exact) mass is 179 g/mol. The van der Waals surface area contributed by atoms with Gasteiger partial charge in [0.15, 0.2) is 0 Å². The molecule has 13 heavy (non-hydrogen) atoms. The molecule has 0 aliphatic rings. The van der Waals surface area contributed by atoms with Crippen molar-refractivity contribution in [3.63, 3.8) is 0 Å². The number of nitriles is 1. The van der Waals surface area contributed by atoms with E-state index in [9.17, 15) is 4.39 Å². The average molecular weight is 179 g/mol. The molecule has 1 aromatic rings. The van der Waals surface area contributed by atoms with Crippen LogP contribution in [0.5, 0.6) is 0 Å². The van der Waals surface area contributed by atoms with Gasteiger partial charge in [-0.05, 0) is 18.1 Å². The zero-order chi connectivity index (χ0) is 9.68. The van der Waals surface area contributed by atoms with E-state index in [1.807, 2.05) is 6.07 Å². The summed E-state index contributed by atoms with van der Waals surface area (Å²) in [5, 5.41) is 17.3. The van der Waals surface area contributed by atoms with Gasteiger partial charge in [-0.1, -0.05) is 18.2 Å². The molecule has 0 saturated heterocycles. The first-order chi connectivity index (χ1) is 6.27. The number of hydrogen-bond acceptors (Lipinski definition) is 2. The fourth-order valence-corrected chi connectivity index (χ4v) is 1.08. The molecular formula is C10H10FNO. The highest BCUT2D eigenvalue weighted by Crippen LogP contribution is 2.11. The zero-order valence-corrected chi connectivity index (χ0v) is 7.07. The summed E-state index contributed by atoms with van der Waals surface area (Å²) in [6.45, 7) is -0.231. The maximum absolute atomic E-state index is 13.0. The van der Waals surface area contributed by atoms with E-state index in [1.54, 1.807) is 18.2 Å². The van der Waals surface area contributed by atoms with Crippen LogP contribution in [-0.2, 0) is 6.42 Å². The topological polar surface area (TPSA) is 44.0 Å². The highest BCUT2D eigenvalue weighted by molar-refractivity contribution is 5.18. The maximum atomic E-state index is 13.0. The lowest BCUT2D eigenvalue weighted by Gasteiger charge is -2.05. The number of halogens is 1. The molecule has 1 aromatic carbocycles. The van der Waals surface area contributed by atoms with Crippen molar-refractivity contribution in [2.75, 3.05) is 6.61 Å². The fourth-order valence-electron chi connectivity index (χ4n) is 1.08. The van der Waals surface area contributed by atoms with E-state index in [-0.39, 0.29) is 18.8 Å². The van der Waals surface area contributed by atoms with Crippen molar-refractivity contribution >= 4 is 0 Å². The van der Waals surface area contributed by atoms with Gasteiger partial charge in [-0.15, -0.1) is 0 Å². The average Bonchev–Trinajstić information content (AvgIpc) is 2.17. The maximum Gasteiger partial charge on any atom is 0.126 e.